The van der Waals surface area contributed by atoms with Crippen molar-refractivity contribution in [3.8, 4) is 0 Å². The fraction of sp³-hybridized carbons (Fsp3) is 0.200. The molecule has 0 spiro atoms. The minimum atomic E-state index is -1.19. The summed E-state index contributed by atoms with van der Waals surface area (Å²) in [6.07, 6.45) is 0. The summed E-state index contributed by atoms with van der Waals surface area (Å²) >= 11 is 11.7. The van der Waals surface area contributed by atoms with Crippen molar-refractivity contribution in [1.82, 2.24) is 9.97 Å². The van der Waals surface area contributed by atoms with Gasteiger partial charge in [-0.2, -0.15) is 0 Å². The van der Waals surface area contributed by atoms with E-state index >= 15 is 0 Å². The van der Waals surface area contributed by atoms with Gasteiger partial charge in [0.15, 0.2) is 4.33 Å². The average molecular weight is 243 g/mol. The number of benzene rings is 1. The molecule has 1 aromatic carbocycles. The van der Waals surface area contributed by atoms with E-state index in [1.807, 2.05) is 0 Å². The maximum atomic E-state index is 11.6. The third-order valence-corrected chi connectivity index (χ3v) is 2.39. The van der Waals surface area contributed by atoms with Crippen LogP contribution in [0.3, 0.4) is 0 Å². The minimum absolute atomic E-state index is 0.233. The fourth-order valence-electron chi connectivity index (χ4n) is 1.29. The number of hydrogen-bond acceptors (Lipinski definition) is 2. The molecule has 0 atom stereocenters. The molecule has 0 aliphatic rings. The van der Waals surface area contributed by atoms with Crippen LogP contribution in [0, 0.1) is 0 Å². The number of aromatic amines is 1. The van der Waals surface area contributed by atoms with Gasteiger partial charge in [-0.1, -0.05) is 35.3 Å². The summed E-state index contributed by atoms with van der Waals surface area (Å²) in [6.45, 7) is 1.56. The standard InChI is InChI=1S/C10H8Cl2N2O/c1-10(11,12)9-13-7-5-3-2-4-6(7)8(15)14-9/h2-5H,1H3,(H,13,14,15). The SMILES string of the molecule is CC(Cl)(Cl)c1nc2ccccc2c(=O)[nH]1. The summed E-state index contributed by atoms with van der Waals surface area (Å²) < 4.78 is -1.19. The molecule has 5 heteroatoms. The molecule has 0 saturated carbocycles. The van der Waals surface area contributed by atoms with Crippen LogP contribution in [0.2, 0.25) is 0 Å². The van der Waals surface area contributed by atoms with E-state index in [1.54, 1.807) is 31.2 Å². The second-order valence-corrected chi connectivity index (χ2v) is 5.03. The van der Waals surface area contributed by atoms with E-state index < -0.39 is 4.33 Å². The molecule has 2 rings (SSSR count). The van der Waals surface area contributed by atoms with Gasteiger partial charge in [0.1, 0.15) is 5.82 Å². The van der Waals surface area contributed by atoms with Crippen LogP contribution in [0.15, 0.2) is 29.1 Å². The molecule has 1 heterocycles. The molecule has 3 nitrogen and oxygen atoms in total. The first-order chi connectivity index (χ1) is 6.98. The summed E-state index contributed by atoms with van der Waals surface area (Å²) in [5.41, 5.74) is 0.354. The second kappa shape index (κ2) is 3.51. The van der Waals surface area contributed by atoms with Crippen molar-refractivity contribution >= 4 is 34.1 Å². The van der Waals surface area contributed by atoms with Gasteiger partial charge in [-0.3, -0.25) is 4.79 Å². The molecule has 0 aliphatic carbocycles. The van der Waals surface area contributed by atoms with Crippen molar-refractivity contribution in [2.75, 3.05) is 0 Å². The molecule has 0 amide bonds. The molecule has 0 saturated heterocycles. The van der Waals surface area contributed by atoms with Gasteiger partial charge < -0.3 is 4.98 Å². The van der Waals surface area contributed by atoms with Gasteiger partial charge in [-0.05, 0) is 19.1 Å². The largest absolute Gasteiger partial charge is 0.307 e. The van der Waals surface area contributed by atoms with Crippen molar-refractivity contribution in [1.29, 1.82) is 0 Å². The Hall–Kier alpha value is -1.06. The number of H-pyrrole nitrogens is 1. The van der Waals surface area contributed by atoms with Crippen molar-refractivity contribution in [3.05, 3.63) is 40.4 Å². The van der Waals surface area contributed by atoms with Crippen LogP contribution < -0.4 is 5.56 Å². The van der Waals surface area contributed by atoms with Gasteiger partial charge in [0.2, 0.25) is 0 Å². The van der Waals surface area contributed by atoms with Crippen molar-refractivity contribution in [3.63, 3.8) is 0 Å². The Bertz CT molecular complexity index is 557. The Labute approximate surface area is 96.1 Å². The van der Waals surface area contributed by atoms with E-state index in [4.69, 9.17) is 23.2 Å². The van der Waals surface area contributed by atoms with E-state index in [-0.39, 0.29) is 11.4 Å². The molecule has 15 heavy (non-hydrogen) atoms. The lowest BCUT2D eigenvalue weighted by molar-refractivity contribution is 0.847. The first kappa shape index (κ1) is 10.5. The third-order valence-electron chi connectivity index (χ3n) is 2.03. The van der Waals surface area contributed by atoms with Gasteiger partial charge in [0.25, 0.3) is 5.56 Å². The normalized spacial score (nSPS) is 11.9. The van der Waals surface area contributed by atoms with Gasteiger partial charge in [0.05, 0.1) is 10.9 Å². The van der Waals surface area contributed by atoms with Gasteiger partial charge in [-0.25, -0.2) is 4.98 Å². The molecule has 1 aromatic heterocycles. The summed E-state index contributed by atoms with van der Waals surface area (Å²) in [6, 6.07) is 7.02. The second-order valence-electron chi connectivity index (χ2n) is 3.32. The zero-order valence-corrected chi connectivity index (χ0v) is 9.43. The number of alkyl halides is 2. The summed E-state index contributed by atoms with van der Waals surface area (Å²) in [4.78, 5) is 18.4. The number of fused-ring (bicyclic) bond motifs is 1. The lowest BCUT2D eigenvalue weighted by Crippen LogP contribution is -2.18. The molecule has 0 unspecified atom stereocenters. The Kier molecular flexibility index (Phi) is 2.44. The van der Waals surface area contributed by atoms with Crippen LogP contribution in [0.1, 0.15) is 12.7 Å². The Balaban J connectivity index is 2.79. The highest BCUT2D eigenvalue weighted by atomic mass is 35.5. The van der Waals surface area contributed by atoms with Crippen LogP contribution in [0.5, 0.6) is 0 Å². The lowest BCUT2D eigenvalue weighted by Gasteiger charge is -2.12. The molecule has 0 aliphatic heterocycles. The van der Waals surface area contributed by atoms with Crippen LogP contribution in [-0.4, -0.2) is 9.97 Å². The maximum absolute atomic E-state index is 11.6. The van der Waals surface area contributed by atoms with Crippen molar-refractivity contribution in [2.24, 2.45) is 0 Å². The van der Waals surface area contributed by atoms with E-state index in [2.05, 4.69) is 9.97 Å². The maximum Gasteiger partial charge on any atom is 0.258 e. The minimum Gasteiger partial charge on any atom is -0.307 e. The number of hydrogen-bond donors (Lipinski definition) is 1. The molecular formula is C10H8Cl2N2O. The van der Waals surface area contributed by atoms with E-state index in [0.29, 0.717) is 10.9 Å². The third kappa shape index (κ3) is 1.98. The van der Waals surface area contributed by atoms with E-state index in [9.17, 15) is 4.79 Å². The van der Waals surface area contributed by atoms with Gasteiger partial charge in [0, 0.05) is 0 Å². The summed E-state index contributed by atoms with van der Waals surface area (Å²) in [5.74, 6) is 0.259. The predicted molar refractivity (Wildman–Crippen MR) is 61.4 cm³/mol. The average Bonchev–Trinajstić information content (AvgIpc) is 2.16. The van der Waals surface area contributed by atoms with Crippen LogP contribution in [0.25, 0.3) is 10.9 Å². The summed E-state index contributed by atoms with van der Waals surface area (Å²) in [7, 11) is 0. The van der Waals surface area contributed by atoms with Crippen molar-refractivity contribution < 1.29 is 0 Å². The van der Waals surface area contributed by atoms with Gasteiger partial charge >= 0.3 is 0 Å². The lowest BCUT2D eigenvalue weighted by atomic mass is 10.2. The fourth-order valence-corrected chi connectivity index (χ4v) is 1.47. The topological polar surface area (TPSA) is 45.8 Å². The highest BCUT2D eigenvalue weighted by Crippen LogP contribution is 2.29. The molecule has 1 N–H and O–H groups in total. The Morgan fingerprint density at radius 3 is 2.67 bits per heavy atom. The first-order valence-corrected chi connectivity index (χ1v) is 5.11. The number of para-hydroxylation sites is 1. The number of halogens is 2. The van der Waals surface area contributed by atoms with Crippen LogP contribution >= 0.6 is 23.2 Å². The first-order valence-electron chi connectivity index (χ1n) is 4.36. The zero-order chi connectivity index (χ0) is 11.1. The zero-order valence-electron chi connectivity index (χ0n) is 7.92. The monoisotopic (exact) mass is 242 g/mol. The number of rotatable bonds is 1. The number of nitrogens with zero attached hydrogens (tertiary/aromatic N) is 1. The molecular weight excluding hydrogens is 235 g/mol. The molecule has 78 valence electrons. The molecule has 0 fully saturated rings. The van der Waals surface area contributed by atoms with Crippen molar-refractivity contribution in [2.45, 2.75) is 11.3 Å². The Morgan fingerprint density at radius 2 is 2.00 bits per heavy atom. The number of nitrogens with one attached hydrogen (secondary N) is 1. The summed E-state index contributed by atoms with van der Waals surface area (Å²) in [5, 5.41) is 0.527. The highest BCUT2D eigenvalue weighted by Gasteiger charge is 2.23. The molecule has 0 radical (unpaired) electrons. The quantitative estimate of drug-likeness (QED) is 0.782. The van der Waals surface area contributed by atoms with Gasteiger partial charge in [-0.15, -0.1) is 0 Å². The van der Waals surface area contributed by atoms with E-state index in [1.165, 1.54) is 0 Å². The smallest absolute Gasteiger partial charge is 0.258 e. The molecule has 2 aromatic rings. The predicted octanol–water partition coefficient (Wildman–Crippen LogP) is 2.57. The Morgan fingerprint density at radius 1 is 1.33 bits per heavy atom. The molecule has 0 bridgehead atoms. The number of aromatic nitrogens is 2. The van der Waals surface area contributed by atoms with Crippen LogP contribution in [-0.2, 0) is 4.33 Å². The van der Waals surface area contributed by atoms with E-state index in [0.717, 1.165) is 0 Å². The van der Waals surface area contributed by atoms with Crippen LogP contribution in [0.4, 0.5) is 0 Å². The highest BCUT2D eigenvalue weighted by molar-refractivity contribution is 6.47.